The molecular weight excluding hydrogens is 388 g/mol. The molecule has 158 valence electrons. The molecule has 2 amide bonds. The van der Waals surface area contributed by atoms with Crippen molar-refractivity contribution in [3.63, 3.8) is 0 Å². The van der Waals surface area contributed by atoms with Gasteiger partial charge >= 0.3 is 11.9 Å². The second-order valence-corrected chi connectivity index (χ2v) is 6.65. The highest BCUT2D eigenvalue weighted by atomic mass is 16.4. The van der Waals surface area contributed by atoms with Gasteiger partial charge in [0.15, 0.2) is 0 Å². The zero-order valence-electron chi connectivity index (χ0n) is 16.4. The molecule has 2 aromatic carbocycles. The van der Waals surface area contributed by atoms with Crippen molar-refractivity contribution in [2.45, 2.75) is 38.5 Å². The molecule has 0 fully saturated rings. The molecule has 0 bridgehead atoms. The molecule has 0 saturated heterocycles. The molecule has 2 rings (SSSR count). The highest BCUT2D eigenvalue weighted by molar-refractivity contribution is 6.01. The lowest BCUT2D eigenvalue weighted by molar-refractivity contribution is -0.138. The fraction of sp³-hybridized carbons (Fsp3) is 0.273. The standard InChI is InChI=1S/C22H24N2O6/c25-19(8-4-10-21(27)28)23-16-12-14-18(15-13-16)24(17-6-2-1-3-7-17)20(26)9-5-11-22(29)30/h1-3,6-7,12-15H,4-5,8-11H2,(H,23,25)(H,27,28)(H,29,30). The van der Waals surface area contributed by atoms with Gasteiger partial charge in [-0.2, -0.15) is 0 Å². The Balaban J connectivity index is 2.09. The molecule has 0 spiro atoms. The first-order valence-corrected chi connectivity index (χ1v) is 9.58. The molecule has 30 heavy (non-hydrogen) atoms. The molecule has 8 heteroatoms. The molecule has 0 radical (unpaired) electrons. The van der Waals surface area contributed by atoms with Gasteiger partial charge in [0, 0.05) is 42.7 Å². The Morgan fingerprint density at radius 3 is 1.80 bits per heavy atom. The zero-order chi connectivity index (χ0) is 21.9. The van der Waals surface area contributed by atoms with Crippen molar-refractivity contribution in [3.8, 4) is 0 Å². The first-order valence-electron chi connectivity index (χ1n) is 9.58. The molecule has 0 aliphatic heterocycles. The summed E-state index contributed by atoms with van der Waals surface area (Å²) in [7, 11) is 0. The van der Waals surface area contributed by atoms with Crippen molar-refractivity contribution in [2.24, 2.45) is 0 Å². The van der Waals surface area contributed by atoms with Crippen molar-refractivity contribution < 1.29 is 29.4 Å². The van der Waals surface area contributed by atoms with E-state index in [0.717, 1.165) is 0 Å². The van der Waals surface area contributed by atoms with Gasteiger partial charge in [-0.25, -0.2) is 0 Å². The summed E-state index contributed by atoms with van der Waals surface area (Å²) < 4.78 is 0. The number of aliphatic carboxylic acids is 2. The summed E-state index contributed by atoms with van der Waals surface area (Å²) in [5.74, 6) is -2.40. The number of amides is 2. The molecule has 0 atom stereocenters. The molecule has 8 nitrogen and oxygen atoms in total. The Morgan fingerprint density at radius 2 is 1.23 bits per heavy atom. The average molecular weight is 412 g/mol. The molecular formula is C22H24N2O6. The Bertz CT molecular complexity index is 880. The number of carbonyl (C=O) groups is 4. The molecule has 0 saturated carbocycles. The largest absolute Gasteiger partial charge is 0.481 e. The number of anilines is 3. The van der Waals surface area contributed by atoms with Crippen LogP contribution in [-0.2, 0) is 19.2 Å². The van der Waals surface area contributed by atoms with Crippen LogP contribution in [0.1, 0.15) is 38.5 Å². The van der Waals surface area contributed by atoms with E-state index < -0.39 is 11.9 Å². The van der Waals surface area contributed by atoms with Gasteiger partial charge < -0.3 is 15.5 Å². The van der Waals surface area contributed by atoms with Gasteiger partial charge in [0.1, 0.15) is 0 Å². The minimum absolute atomic E-state index is 0.0671. The van der Waals surface area contributed by atoms with Gasteiger partial charge in [0.05, 0.1) is 0 Å². The van der Waals surface area contributed by atoms with Gasteiger partial charge in [-0.15, -0.1) is 0 Å². The number of para-hydroxylation sites is 1. The average Bonchev–Trinajstić information content (AvgIpc) is 2.70. The summed E-state index contributed by atoms with van der Waals surface area (Å²) in [6.07, 6.45) is 0.535. The number of nitrogens with one attached hydrogen (secondary N) is 1. The summed E-state index contributed by atoms with van der Waals surface area (Å²) in [6, 6.07) is 15.7. The van der Waals surface area contributed by atoms with E-state index in [2.05, 4.69) is 5.32 Å². The topological polar surface area (TPSA) is 124 Å². The fourth-order valence-corrected chi connectivity index (χ4v) is 2.83. The van der Waals surface area contributed by atoms with E-state index in [1.54, 1.807) is 48.5 Å². The fourth-order valence-electron chi connectivity index (χ4n) is 2.83. The van der Waals surface area contributed by atoms with Crippen molar-refractivity contribution in [3.05, 3.63) is 54.6 Å². The summed E-state index contributed by atoms with van der Waals surface area (Å²) in [5, 5.41) is 20.1. The van der Waals surface area contributed by atoms with E-state index in [9.17, 15) is 19.2 Å². The van der Waals surface area contributed by atoms with Crippen LogP contribution in [0.5, 0.6) is 0 Å². The number of benzene rings is 2. The van der Waals surface area contributed by atoms with Gasteiger partial charge in [-0.05, 0) is 49.2 Å². The van der Waals surface area contributed by atoms with E-state index >= 15 is 0 Å². The van der Waals surface area contributed by atoms with Crippen LogP contribution in [0, 0.1) is 0 Å². The Kier molecular flexibility index (Phi) is 8.56. The van der Waals surface area contributed by atoms with Crippen molar-refractivity contribution in [1.29, 1.82) is 0 Å². The number of hydrogen-bond donors (Lipinski definition) is 3. The first-order chi connectivity index (χ1) is 14.4. The van der Waals surface area contributed by atoms with Crippen LogP contribution in [0.25, 0.3) is 0 Å². The Morgan fingerprint density at radius 1 is 0.700 bits per heavy atom. The summed E-state index contributed by atoms with van der Waals surface area (Å²) in [5.41, 5.74) is 1.78. The number of nitrogens with zero attached hydrogens (tertiary/aromatic N) is 1. The van der Waals surface area contributed by atoms with Gasteiger partial charge in [0.25, 0.3) is 0 Å². The molecule has 0 aliphatic carbocycles. The Labute approximate surface area is 174 Å². The smallest absolute Gasteiger partial charge is 0.303 e. The maximum atomic E-state index is 12.8. The number of carboxylic acid groups (broad SMARTS) is 2. The molecule has 0 heterocycles. The van der Waals surface area contributed by atoms with Crippen LogP contribution in [0.4, 0.5) is 17.1 Å². The van der Waals surface area contributed by atoms with Crippen LogP contribution < -0.4 is 10.2 Å². The van der Waals surface area contributed by atoms with Crippen molar-refractivity contribution in [1.82, 2.24) is 0 Å². The second kappa shape index (κ2) is 11.4. The second-order valence-electron chi connectivity index (χ2n) is 6.65. The third kappa shape index (κ3) is 7.38. The van der Waals surface area contributed by atoms with E-state index in [1.807, 2.05) is 6.07 Å². The maximum absolute atomic E-state index is 12.8. The zero-order valence-corrected chi connectivity index (χ0v) is 16.4. The lowest BCUT2D eigenvalue weighted by atomic mass is 10.1. The van der Waals surface area contributed by atoms with Gasteiger partial charge in [-0.3, -0.25) is 24.1 Å². The number of hydrogen-bond acceptors (Lipinski definition) is 4. The predicted molar refractivity (Wildman–Crippen MR) is 112 cm³/mol. The first kappa shape index (κ1) is 22.6. The highest BCUT2D eigenvalue weighted by Gasteiger charge is 2.18. The normalized spacial score (nSPS) is 10.3. The van der Waals surface area contributed by atoms with Crippen LogP contribution >= 0.6 is 0 Å². The quantitative estimate of drug-likeness (QED) is 0.516. The number of carbonyl (C=O) groups excluding carboxylic acids is 2. The summed E-state index contributed by atoms with van der Waals surface area (Å²) in [6.45, 7) is 0. The Hall–Kier alpha value is -3.68. The maximum Gasteiger partial charge on any atom is 0.303 e. The lowest BCUT2D eigenvalue weighted by Crippen LogP contribution is -2.25. The van der Waals surface area contributed by atoms with E-state index in [1.165, 1.54) is 4.90 Å². The third-order valence-corrected chi connectivity index (χ3v) is 4.25. The van der Waals surface area contributed by atoms with Crippen molar-refractivity contribution in [2.75, 3.05) is 10.2 Å². The SMILES string of the molecule is O=C(O)CCCC(=O)Nc1ccc(N(C(=O)CCCC(=O)O)c2ccccc2)cc1. The lowest BCUT2D eigenvalue weighted by Gasteiger charge is -2.23. The molecule has 0 unspecified atom stereocenters. The van der Waals surface area contributed by atoms with E-state index in [4.69, 9.17) is 10.2 Å². The number of carboxylic acids is 2. The minimum Gasteiger partial charge on any atom is -0.481 e. The third-order valence-electron chi connectivity index (χ3n) is 4.25. The predicted octanol–water partition coefficient (Wildman–Crippen LogP) is 3.80. The number of rotatable bonds is 11. The highest BCUT2D eigenvalue weighted by Crippen LogP contribution is 2.28. The molecule has 2 aromatic rings. The summed E-state index contributed by atoms with van der Waals surface area (Å²) >= 11 is 0. The van der Waals surface area contributed by atoms with Gasteiger partial charge in [0.2, 0.25) is 11.8 Å². The molecule has 0 aliphatic rings. The minimum atomic E-state index is -0.947. The van der Waals surface area contributed by atoms with E-state index in [0.29, 0.717) is 17.1 Å². The van der Waals surface area contributed by atoms with Crippen LogP contribution in [0.3, 0.4) is 0 Å². The van der Waals surface area contributed by atoms with Crippen LogP contribution in [-0.4, -0.2) is 34.0 Å². The molecule has 0 aromatic heterocycles. The van der Waals surface area contributed by atoms with Crippen LogP contribution in [0.2, 0.25) is 0 Å². The monoisotopic (exact) mass is 412 g/mol. The van der Waals surface area contributed by atoms with Crippen molar-refractivity contribution >= 4 is 40.8 Å². The van der Waals surface area contributed by atoms with E-state index in [-0.39, 0.29) is 50.3 Å². The van der Waals surface area contributed by atoms with Gasteiger partial charge in [-0.1, -0.05) is 18.2 Å². The van der Waals surface area contributed by atoms with Crippen LogP contribution in [0.15, 0.2) is 54.6 Å². The molecule has 3 N–H and O–H groups in total. The summed E-state index contributed by atoms with van der Waals surface area (Å²) in [4.78, 5) is 47.4.